The molecule has 1 saturated carbocycles. The second-order valence-corrected chi connectivity index (χ2v) is 9.80. The number of nitriles is 1. The van der Waals surface area contributed by atoms with E-state index in [-0.39, 0.29) is 17.9 Å². The molecular weight excluding hydrogens is 487 g/mol. The van der Waals surface area contributed by atoms with Gasteiger partial charge in [0.15, 0.2) is 0 Å². The minimum atomic E-state index is -0.401. The maximum absolute atomic E-state index is 9.83. The van der Waals surface area contributed by atoms with Crippen LogP contribution in [0, 0.1) is 23.2 Å². The van der Waals surface area contributed by atoms with Crippen molar-refractivity contribution in [3.63, 3.8) is 0 Å². The van der Waals surface area contributed by atoms with Gasteiger partial charge in [0.05, 0.1) is 27.2 Å². The Morgan fingerprint density at radius 2 is 1.91 bits per heavy atom. The second kappa shape index (κ2) is 8.38. The molecule has 2 aliphatic rings. The lowest BCUT2D eigenvalue weighted by Crippen LogP contribution is -2.26. The summed E-state index contributed by atoms with van der Waals surface area (Å²) in [7, 11) is 0. The summed E-state index contributed by atoms with van der Waals surface area (Å²) in [6.45, 7) is 3.32. The van der Waals surface area contributed by atoms with Crippen molar-refractivity contribution in [2.75, 3.05) is 18.0 Å². The summed E-state index contributed by atoms with van der Waals surface area (Å²) in [4.78, 5) is 10.7. The molecule has 8 nitrogen and oxygen atoms in total. The van der Waals surface area contributed by atoms with E-state index in [1.165, 1.54) is 12.4 Å². The van der Waals surface area contributed by atoms with Gasteiger partial charge in [-0.05, 0) is 31.2 Å². The molecule has 176 valence electrons. The molecule has 2 N–H and O–H groups in total. The first-order valence-electron chi connectivity index (χ1n) is 11.2. The van der Waals surface area contributed by atoms with Gasteiger partial charge in [-0.1, -0.05) is 23.2 Å². The van der Waals surface area contributed by atoms with E-state index >= 15 is 0 Å². The number of ether oxygens (including phenoxy) is 1. The molecule has 1 aliphatic carbocycles. The minimum Gasteiger partial charge on any atom is -0.486 e. The molecule has 3 aromatic heterocycles. The van der Waals surface area contributed by atoms with Crippen LogP contribution in [0.2, 0.25) is 10.0 Å². The number of hydrogen-bond acceptors (Lipinski definition) is 7. The first-order chi connectivity index (χ1) is 16.9. The number of fused-ring (bicyclic) bond motifs is 2. The van der Waals surface area contributed by atoms with Crippen LogP contribution >= 0.6 is 23.2 Å². The number of aromatic amines is 1. The molecule has 10 heteroatoms. The number of aliphatic hydroxyl groups is 1. The fourth-order valence-electron chi connectivity index (χ4n) is 4.95. The van der Waals surface area contributed by atoms with Gasteiger partial charge in [0.1, 0.15) is 29.4 Å². The van der Waals surface area contributed by atoms with E-state index in [2.05, 4.69) is 31.1 Å². The standard InChI is InChI=1S/C25H20Cl2N6O2/c1-12(22-19(26)8-29-9-20(22)27)35-15-2-3-21-16(5-15)23(32-31-21)14-4-13(6-28)25(30-7-14)33-10-17-18(11-33)24(17)34/h2-5,7-9,12,17-18,24,34H,10-11H2,1H3,(H,31,32). The molecule has 6 rings (SSSR count). The monoisotopic (exact) mass is 506 g/mol. The Morgan fingerprint density at radius 3 is 2.63 bits per heavy atom. The zero-order chi connectivity index (χ0) is 24.3. The summed E-state index contributed by atoms with van der Waals surface area (Å²) in [5.41, 5.74) is 3.38. The minimum absolute atomic E-state index is 0.212. The quantitative estimate of drug-likeness (QED) is 0.401. The largest absolute Gasteiger partial charge is 0.486 e. The van der Waals surface area contributed by atoms with Gasteiger partial charge in [0.25, 0.3) is 0 Å². The number of halogens is 2. The number of nitrogens with zero attached hydrogens (tertiary/aromatic N) is 5. The molecule has 4 heterocycles. The lowest BCUT2D eigenvalue weighted by atomic mass is 10.1. The van der Waals surface area contributed by atoms with Gasteiger partial charge in [0.2, 0.25) is 0 Å². The molecule has 3 atom stereocenters. The van der Waals surface area contributed by atoms with Gasteiger partial charge in [-0.3, -0.25) is 10.1 Å². The number of piperidine rings is 1. The van der Waals surface area contributed by atoms with Crippen molar-refractivity contribution < 1.29 is 9.84 Å². The van der Waals surface area contributed by atoms with Crippen LogP contribution in [0.4, 0.5) is 5.82 Å². The van der Waals surface area contributed by atoms with Crippen molar-refractivity contribution in [2.45, 2.75) is 19.1 Å². The highest BCUT2D eigenvalue weighted by Crippen LogP contribution is 2.47. The summed E-state index contributed by atoms with van der Waals surface area (Å²) in [6.07, 6.45) is 4.20. The van der Waals surface area contributed by atoms with Crippen molar-refractivity contribution in [3.8, 4) is 23.1 Å². The van der Waals surface area contributed by atoms with Gasteiger partial charge < -0.3 is 14.7 Å². The number of aromatic nitrogens is 4. The van der Waals surface area contributed by atoms with Crippen LogP contribution in [0.1, 0.15) is 24.2 Å². The lowest BCUT2D eigenvalue weighted by molar-refractivity contribution is 0.227. The number of pyridine rings is 2. The highest BCUT2D eigenvalue weighted by Gasteiger charge is 2.55. The van der Waals surface area contributed by atoms with Crippen LogP contribution in [0.25, 0.3) is 22.2 Å². The normalized spacial score (nSPS) is 21.6. The number of rotatable bonds is 5. The van der Waals surface area contributed by atoms with Crippen molar-refractivity contribution >= 4 is 39.9 Å². The number of anilines is 1. The van der Waals surface area contributed by atoms with E-state index in [1.54, 1.807) is 6.20 Å². The number of H-pyrrole nitrogens is 1. The third kappa shape index (κ3) is 3.76. The van der Waals surface area contributed by atoms with Gasteiger partial charge in [-0.2, -0.15) is 10.4 Å². The first-order valence-corrected chi connectivity index (χ1v) is 12.0. The predicted molar refractivity (Wildman–Crippen MR) is 133 cm³/mol. The molecule has 0 radical (unpaired) electrons. The third-order valence-electron chi connectivity index (χ3n) is 6.85. The highest BCUT2D eigenvalue weighted by molar-refractivity contribution is 6.35. The molecule has 1 aromatic carbocycles. The molecule has 2 fully saturated rings. The molecule has 4 aromatic rings. The Hall–Kier alpha value is -3.38. The van der Waals surface area contributed by atoms with E-state index in [1.807, 2.05) is 31.2 Å². The lowest BCUT2D eigenvalue weighted by Gasteiger charge is -2.21. The van der Waals surface area contributed by atoms with E-state index in [9.17, 15) is 10.4 Å². The first kappa shape index (κ1) is 22.1. The topological polar surface area (TPSA) is 111 Å². The zero-order valence-corrected chi connectivity index (χ0v) is 20.1. The molecule has 0 bridgehead atoms. The zero-order valence-electron chi connectivity index (χ0n) is 18.6. The number of benzene rings is 1. The summed E-state index contributed by atoms with van der Waals surface area (Å²) in [5, 5.41) is 28.9. The number of hydrogen-bond donors (Lipinski definition) is 2. The number of nitrogens with one attached hydrogen (secondary N) is 1. The Morgan fingerprint density at radius 1 is 1.17 bits per heavy atom. The Kier molecular flexibility index (Phi) is 5.29. The van der Waals surface area contributed by atoms with Crippen LogP contribution in [0.15, 0.2) is 42.9 Å². The maximum atomic E-state index is 9.83. The van der Waals surface area contributed by atoms with Crippen molar-refractivity contribution in [3.05, 3.63) is 64.0 Å². The van der Waals surface area contributed by atoms with Crippen LogP contribution in [0.3, 0.4) is 0 Å². The van der Waals surface area contributed by atoms with Gasteiger partial charge in [-0.15, -0.1) is 0 Å². The Labute approximate surface area is 211 Å². The average Bonchev–Trinajstić information content (AvgIpc) is 3.22. The fourth-order valence-corrected chi connectivity index (χ4v) is 5.62. The van der Waals surface area contributed by atoms with E-state index in [0.717, 1.165) is 29.6 Å². The van der Waals surface area contributed by atoms with Crippen LogP contribution in [-0.2, 0) is 0 Å². The average molecular weight is 507 g/mol. The molecule has 1 aliphatic heterocycles. The van der Waals surface area contributed by atoms with E-state index in [4.69, 9.17) is 27.9 Å². The van der Waals surface area contributed by atoms with Crippen molar-refractivity contribution in [1.29, 1.82) is 5.26 Å². The maximum Gasteiger partial charge on any atom is 0.146 e. The summed E-state index contributed by atoms with van der Waals surface area (Å²) < 4.78 is 6.15. The highest BCUT2D eigenvalue weighted by atomic mass is 35.5. The smallest absolute Gasteiger partial charge is 0.146 e. The van der Waals surface area contributed by atoms with Gasteiger partial charge in [-0.25, -0.2) is 4.98 Å². The van der Waals surface area contributed by atoms with E-state index < -0.39 is 6.10 Å². The third-order valence-corrected chi connectivity index (χ3v) is 7.46. The van der Waals surface area contributed by atoms with Crippen molar-refractivity contribution in [2.24, 2.45) is 11.8 Å². The van der Waals surface area contributed by atoms with Gasteiger partial charge in [0, 0.05) is 60.0 Å². The molecule has 0 amide bonds. The fraction of sp³-hybridized carbons (Fsp3) is 0.280. The summed E-state index contributed by atoms with van der Waals surface area (Å²) in [5.74, 6) is 1.85. The Balaban J connectivity index is 1.30. The Bertz CT molecular complexity index is 1470. The van der Waals surface area contributed by atoms with Crippen molar-refractivity contribution in [1.82, 2.24) is 20.2 Å². The van der Waals surface area contributed by atoms with Gasteiger partial charge >= 0.3 is 0 Å². The summed E-state index contributed by atoms with van der Waals surface area (Å²) in [6, 6.07) is 9.71. The summed E-state index contributed by atoms with van der Waals surface area (Å²) >= 11 is 12.6. The van der Waals surface area contributed by atoms with E-state index in [0.29, 0.717) is 38.4 Å². The SMILES string of the molecule is CC(Oc1ccc2[nH]nc(-c3cnc(N4CC5C(O)C5C4)c(C#N)c3)c2c1)c1c(Cl)cncc1Cl. The number of aliphatic hydroxyl groups excluding tert-OH is 1. The van der Waals surface area contributed by atoms with Crippen LogP contribution < -0.4 is 9.64 Å². The molecule has 35 heavy (non-hydrogen) atoms. The van der Waals surface area contributed by atoms with Crippen LogP contribution in [-0.4, -0.2) is 44.5 Å². The molecule has 3 unspecified atom stereocenters. The molecular formula is C25H20Cl2N6O2. The predicted octanol–water partition coefficient (Wildman–Crippen LogP) is 4.77. The van der Waals surface area contributed by atoms with Crippen LogP contribution in [0.5, 0.6) is 5.75 Å². The molecule has 1 saturated heterocycles. The molecule has 0 spiro atoms. The second-order valence-electron chi connectivity index (χ2n) is 8.99.